The lowest BCUT2D eigenvalue weighted by Crippen LogP contribution is -2.00. The fourth-order valence-corrected chi connectivity index (χ4v) is 2.56. The van der Waals surface area contributed by atoms with Gasteiger partial charge in [0.15, 0.2) is 11.9 Å². The van der Waals surface area contributed by atoms with E-state index in [1.807, 2.05) is 6.07 Å². The fourth-order valence-electron chi connectivity index (χ4n) is 2.56. The van der Waals surface area contributed by atoms with Crippen molar-refractivity contribution in [3.8, 4) is 0 Å². The number of hydrogen-bond donors (Lipinski definition) is 4. The first-order chi connectivity index (χ1) is 13.7. The van der Waals surface area contributed by atoms with Crippen LogP contribution in [0.25, 0.3) is 0 Å². The lowest BCUT2D eigenvalue weighted by atomic mass is 10.1. The second kappa shape index (κ2) is 9.91. The third-order valence-corrected chi connectivity index (χ3v) is 3.89. The predicted octanol–water partition coefficient (Wildman–Crippen LogP) is 4.49. The van der Waals surface area contributed by atoms with Gasteiger partial charge in [-0.15, -0.1) is 0 Å². The molecule has 7 heteroatoms. The van der Waals surface area contributed by atoms with E-state index >= 15 is 0 Å². The van der Waals surface area contributed by atoms with Crippen LogP contribution < -0.4 is 10.6 Å². The van der Waals surface area contributed by atoms with Gasteiger partial charge in [-0.05, 0) is 30.2 Å². The minimum Gasteiger partial charge on any atom is -0.352 e. The Hall–Kier alpha value is -3.61. The molecule has 0 amide bonds. The molecule has 0 unspecified atom stereocenters. The molecule has 0 radical (unpaired) electrons. The van der Waals surface area contributed by atoms with E-state index in [1.165, 1.54) is 23.3 Å². The van der Waals surface area contributed by atoms with Crippen molar-refractivity contribution in [1.29, 1.82) is 0 Å². The molecule has 0 aliphatic carbocycles. The van der Waals surface area contributed by atoms with Crippen LogP contribution in [0, 0.1) is 12.7 Å². The topological polar surface area (TPSA) is 81.4 Å². The van der Waals surface area contributed by atoms with Gasteiger partial charge >= 0.3 is 0 Å². The second-order valence-corrected chi connectivity index (χ2v) is 6.20. The zero-order valence-corrected chi connectivity index (χ0v) is 15.6. The second-order valence-electron chi connectivity index (χ2n) is 6.20. The summed E-state index contributed by atoms with van der Waals surface area (Å²) in [6.45, 7) is 3.46. The minimum atomic E-state index is -0.219. The first-order valence-electron chi connectivity index (χ1n) is 8.95. The Morgan fingerprint density at radius 3 is 1.89 bits per heavy atom. The molecule has 2 aromatic carbocycles. The number of benzene rings is 2. The van der Waals surface area contributed by atoms with Crippen LogP contribution in [0.1, 0.15) is 16.7 Å². The van der Waals surface area contributed by atoms with E-state index in [4.69, 9.17) is 0 Å². The van der Waals surface area contributed by atoms with Gasteiger partial charge in [0.2, 0.25) is 0 Å². The maximum Gasteiger partial charge on any atom is 0.200 e. The standard InChI is InChI=1S/C11H13N3.C10H10FN3/c1-9-3-2-4-10(7-9)8-14-11-12-5-6-13-11;11-9-3-1-2-8(6-9)7-14-10-12-4-5-13-10/h2-7H,8H2,1H3,(H2,12,13,14);1-6H,7H2,(H2,12,13,14). The van der Waals surface area contributed by atoms with Gasteiger partial charge in [-0.25, -0.2) is 14.4 Å². The monoisotopic (exact) mass is 378 g/mol. The van der Waals surface area contributed by atoms with Crippen LogP contribution in [0.5, 0.6) is 0 Å². The lowest BCUT2D eigenvalue weighted by Gasteiger charge is -2.03. The molecule has 144 valence electrons. The third kappa shape index (κ3) is 6.28. The van der Waals surface area contributed by atoms with Gasteiger partial charge in [-0.1, -0.05) is 42.0 Å². The molecule has 0 bridgehead atoms. The van der Waals surface area contributed by atoms with E-state index in [9.17, 15) is 4.39 Å². The summed E-state index contributed by atoms with van der Waals surface area (Å²) in [5.41, 5.74) is 3.44. The van der Waals surface area contributed by atoms with Crippen LogP contribution in [0.3, 0.4) is 0 Å². The van der Waals surface area contributed by atoms with Crippen LogP contribution in [0.2, 0.25) is 0 Å². The number of nitrogens with one attached hydrogen (secondary N) is 4. The first kappa shape index (κ1) is 19.2. The van der Waals surface area contributed by atoms with Crippen molar-refractivity contribution < 1.29 is 4.39 Å². The molecule has 4 N–H and O–H groups in total. The van der Waals surface area contributed by atoms with Crippen molar-refractivity contribution in [2.75, 3.05) is 10.6 Å². The number of rotatable bonds is 6. The molecule has 28 heavy (non-hydrogen) atoms. The van der Waals surface area contributed by atoms with Crippen molar-refractivity contribution in [3.05, 3.63) is 95.8 Å². The van der Waals surface area contributed by atoms with E-state index < -0.39 is 0 Å². The summed E-state index contributed by atoms with van der Waals surface area (Å²) in [6, 6.07) is 14.9. The summed E-state index contributed by atoms with van der Waals surface area (Å²) < 4.78 is 12.8. The molecular formula is C21H23FN6. The van der Waals surface area contributed by atoms with E-state index in [2.05, 4.69) is 61.8 Å². The van der Waals surface area contributed by atoms with Crippen molar-refractivity contribution in [3.63, 3.8) is 0 Å². The highest BCUT2D eigenvalue weighted by Gasteiger charge is 1.96. The third-order valence-electron chi connectivity index (χ3n) is 3.89. The molecule has 0 saturated carbocycles. The number of H-pyrrole nitrogens is 2. The van der Waals surface area contributed by atoms with Crippen molar-refractivity contribution in [1.82, 2.24) is 19.9 Å². The summed E-state index contributed by atoms with van der Waals surface area (Å²) in [7, 11) is 0. The quantitative estimate of drug-likeness (QED) is 0.398. The Kier molecular flexibility index (Phi) is 6.78. The average molecular weight is 378 g/mol. The van der Waals surface area contributed by atoms with Crippen molar-refractivity contribution in [2.45, 2.75) is 20.0 Å². The summed E-state index contributed by atoms with van der Waals surface area (Å²) in [6.07, 6.45) is 6.93. The van der Waals surface area contributed by atoms with Gasteiger partial charge in [0.05, 0.1) is 0 Å². The van der Waals surface area contributed by atoms with Crippen LogP contribution in [0.4, 0.5) is 16.3 Å². The molecule has 0 fully saturated rings. The number of aryl methyl sites for hydroxylation is 1. The SMILES string of the molecule is Cc1cccc(CNc2ncc[nH]2)c1.Fc1cccc(CNc2ncc[nH]2)c1. The van der Waals surface area contributed by atoms with E-state index in [0.717, 1.165) is 18.1 Å². The summed E-state index contributed by atoms with van der Waals surface area (Å²) >= 11 is 0. The number of aromatic nitrogens is 4. The van der Waals surface area contributed by atoms with Crippen LogP contribution in [-0.4, -0.2) is 19.9 Å². The average Bonchev–Trinajstić information content (AvgIpc) is 3.40. The summed E-state index contributed by atoms with van der Waals surface area (Å²) in [5.74, 6) is 1.28. The maximum absolute atomic E-state index is 12.8. The Morgan fingerprint density at radius 1 is 0.821 bits per heavy atom. The Balaban J connectivity index is 0.000000161. The Morgan fingerprint density at radius 2 is 1.39 bits per heavy atom. The highest BCUT2D eigenvalue weighted by atomic mass is 19.1. The Bertz CT molecular complexity index is 871. The molecule has 0 spiro atoms. The van der Waals surface area contributed by atoms with Crippen LogP contribution in [-0.2, 0) is 13.1 Å². The number of hydrogen-bond acceptors (Lipinski definition) is 4. The van der Waals surface area contributed by atoms with E-state index in [1.54, 1.807) is 30.9 Å². The van der Waals surface area contributed by atoms with E-state index in [-0.39, 0.29) is 5.82 Å². The zero-order valence-electron chi connectivity index (χ0n) is 15.6. The molecular weight excluding hydrogens is 355 g/mol. The van der Waals surface area contributed by atoms with Gasteiger partial charge in [0.25, 0.3) is 0 Å². The molecule has 4 rings (SSSR count). The number of halogens is 1. The minimum absolute atomic E-state index is 0.219. The summed E-state index contributed by atoms with van der Waals surface area (Å²) in [4.78, 5) is 14.0. The van der Waals surface area contributed by atoms with E-state index in [0.29, 0.717) is 12.5 Å². The maximum atomic E-state index is 12.8. The molecule has 2 heterocycles. The van der Waals surface area contributed by atoms with Gasteiger partial charge in [-0.3, -0.25) is 0 Å². The van der Waals surface area contributed by atoms with Gasteiger partial charge < -0.3 is 20.6 Å². The Labute approximate surface area is 163 Å². The predicted molar refractivity (Wildman–Crippen MR) is 109 cm³/mol. The van der Waals surface area contributed by atoms with Crippen molar-refractivity contribution >= 4 is 11.9 Å². The largest absolute Gasteiger partial charge is 0.352 e. The van der Waals surface area contributed by atoms with Crippen LogP contribution in [0.15, 0.2) is 73.3 Å². The normalized spacial score (nSPS) is 10.1. The zero-order chi connectivity index (χ0) is 19.6. The molecule has 0 aliphatic rings. The van der Waals surface area contributed by atoms with Crippen molar-refractivity contribution in [2.24, 2.45) is 0 Å². The molecule has 2 aromatic heterocycles. The smallest absolute Gasteiger partial charge is 0.200 e. The number of aromatic amines is 2. The number of imidazole rings is 2. The first-order valence-corrected chi connectivity index (χ1v) is 8.95. The molecule has 6 nitrogen and oxygen atoms in total. The molecule has 0 atom stereocenters. The molecule has 4 aromatic rings. The highest BCUT2D eigenvalue weighted by molar-refractivity contribution is 5.29. The highest BCUT2D eigenvalue weighted by Crippen LogP contribution is 2.06. The van der Waals surface area contributed by atoms with Crippen LogP contribution >= 0.6 is 0 Å². The van der Waals surface area contributed by atoms with Gasteiger partial charge in [0.1, 0.15) is 5.82 Å². The molecule has 0 aliphatic heterocycles. The number of anilines is 2. The van der Waals surface area contributed by atoms with Gasteiger partial charge in [0, 0.05) is 37.9 Å². The summed E-state index contributed by atoms with van der Waals surface area (Å²) in [5, 5.41) is 6.24. The number of nitrogens with zero attached hydrogens (tertiary/aromatic N) is 2. The fraction of sp³-hybridized carbons (Fsp3) is 0.143. The lowest BCUT2D eigenvalue weighted by molar-refractivity contribution is 0.626. The molecule has 0 saturated heterocycles. The van der Waals surface area contributed by atoms with Gasteiger partial charge in [-0.2, -0.15) is 0 Å².